The first-order chi connectivity index (χ1) is 12.7. The van der Waals surface area contributed by atoms with E-state index in [4.69, 9.17) is 4.74 Å². The molecule has 3 heterocycles. The molecule has 146 valence electrons. The largest absolute Gasteiger partial charge is 0.469 e. The van der Waals surface area contributed by atoms with E-state index in [1.807, 2.05) is 0 Å². The Hall–Kier alpha value is -1.56. The van der Waals surface area contributed by atoms with Gasteiger partial charge < -0.3 is 14.8 Å². The summed E-state index contributed by atoms with van der Waals surface area (Å²) in [6, 6.07) is 8.83. The molecule has 1 saturated carbocycles. The normalized spacial score (nSPS) is 32.7. The quantitative estimate of drug-likeness (QED) is 0.734. The standard InChI is InChI=1S/C21H26N2O3.ClH/c1-26-21(25)19-15-10-17-20-14(13-4-2-3-5-16(13)22-20)8-9-23(17)11-12(15)6-7-18(19)24;/h2-5,12,15,17-19,22,24H,6-11H2,1H3;1H/t12-,15+,17+,18+,19?;/m1./s1. The molecule has 6 heteroatoms. The molecule has 0 spiro atoms. The van der Waals surface area contributed by atoms with Gasteiger partial charge in [-0.2, -0.15) is 0 Å². The van der Waals surface area contributed by atoms with E-state index in [2.05, 4.69) is 34.1 Å². The predicted molar refractivity (Wildman–Crippen MR) is 106 cm³/mol. The number of rotatable bonds is 1. The van der Waals surface area contributed by atoms with Crippen molar-refractivity contribution in [3.63, 3.8) is 0 Å². The number of nitrogens with zero attached hydrogens (tertiary/aromatic N) is 1. The fourth-order valence-corrected chi connectivity index (χ4v) is 5.80. The average Bonchev–Trinajstić information content (AvgIpc) is 3.05. The second-order valence-electron chi connectivity index (χ2n) is 8.18. The van der Waals surface area contributed by atoms with Crippen molar-refractivity contribution in [2.24, 2.45) is 17.8 Å². The molecule has 1 aliphatic carbocycles. The molecule has 5 nitrogen and oxygen atoms in total. The van der Waals surface area contributed by atoms with Crippen LogP contribution >= 0.6 is 12.4 Å². The van der Waals surface area contributed by atoms with E-state index in [1.54, 1.807) is 0 Å². The molecule has 0 bridgehead atoms. The van der Waals surface area contributed by atoms with Crippen molar-refractivity contribution in [1.82, 2.24) is 9.88 Å². The van der Waals surface area contributed by atoms with Crippen molar-refractivity contribution < 1.29 is 14.6 Å². The second-order valence-corrected chi connectivity index (χ2v) is 8.18. The number of halogens is 1. The lowest BCUT2D eigenvalue weighted by molar-refractivity contribution is -0.160. The maximum Gasteiger partial charge on any atom is 0.311 e. The van der Waals surface area contributed by atoms with E-state index in [-0.39, 0.29) is 30.2 Å². The number of H-pyrrole nitrogens is 1. The zero-order valence-corrected chi connectivity index (χ0v) is 16.4. The Labute approximate surface area is 165 Å². The Morgan fingerprint density at radius 2 is 2.11 bits per heavy atom. The van der Waals surface area contributed by atoms with Crippen LogP contribution in [0.15, 0.2) is 24.3 Å². The van der Waals surface area contributed by atoms with Gasteiger partial charge in [-0.1, -0.05) is 18.2 Å². The summed E-state index contributed by atoms with van der Waals surface area (Å²) in [6.45, 7) is 2.10. The Balaban J connectivity index is 0.00000180. The third kappa shape index (κ3) is 2.87. The van der Waals surface area contributed by atoms with Gasteiger partial charge in [0.15, 0.2) is 0 Å². The van der Waals surface area contributed by atoms with Crippen LogP contribution in [0.5, 0.6) is 0 Å². The van der Waals surface area contributed by atoms with Gasteiger partial charge in [0, 0.05) is 29.7 Å². The smallest absolute Gasteiger partial charge is 0.311 e. The number of benzene rings is 1. The second kappa shape index (κ2) is 7.12. The Bertz CT molecular complexity index is 851. The van der Waals surface area contributed by atoms with Crippen molar-refractivity contribution >= 4 is 29.3 Å². The molecule has 2 fully saturated rings. The van der Waals surface area contributed by atoms with E-state index in [1.165, 1.54) is 29.3 Å². The number of hydrogen-bond acceptors (Lipinski definition) is 4. The molecule has 1 aromatic heterocycles. The van der Waals surface area contributed by atoms with Crippen molar-refractivity contribution in [3.05, 3.63) is 35.5 Å². The molecule has 27 heavy (non-hydrogen) atoms. The van der Waals surface area contributed by atoms with Gasteiger partial charge in [-0.25, -0.2) is 0 Å². The minimum Gasteiger partial charge on any atom is -0.469 e. The fourth-order valence-electron chi connectivity index (χ4n) is 5.80. The number of piperidine rings is 1. The number of aromatic amines is 1. The van der Waals surface area contributed by atoms with Crippen LogP contribution in [0, 0.1) is 17.8 Å². The number of carbonyl (C=O) groups excluding carboxylic acids is 1. The number of aliphatic hydroxyl groups is 1. The van der Waals surface area contributed by atoms with Crippen LogP contribution in [0.1, 0.15) is 36.6 Å². The van der Waals surface area contributed by atoms with Crippen molar-refractivity contribution in [2.45, 2.75) is 37.8 Å². The summed E-state index contributed by atoms with van der Waals surface area (Å²) in [5.74, 6) is 0.0541. The van der Waals surface area contributed by atoms with Gasteiger partial charge >= 0.3 is 5.97 Å². The van der Waals surface area contributed by atoms with Gasteiger partial charge in [0.05, 0.1) is 25.2 Å². The van der Waals surface area contributed by atoms with Gasteiger partial charge in [0.1, 0.15) is 0 Å². The monoisotopic (exact) mass is 390 g/mol. The zero-order chi connectivity index (χ0) is 17.8. The molecule has 3 aliphatic rings. The third-order valence-electron chi connectivity index (χ3n) is 7.02. The number of ether oxygens (including phenoxy) is 1. The number of hydrogen-bond donors (Lipinski definition) is 2. The topological polar surface area (TPSA) is 65.6 Å². The van der Waals surface area contributed by atoms with Crippen molar-refractivity contribution in [2.75, 3.05) is 20.2 Å². The zero-order valence-electron chi connectivity index (χ0n) is 15.6. The van der Waals surface area contributed by atoms with Crippen LogP contribution in [-0.4, -0.2) is 47.3 Å². The fraction of sp³-hybridized carbons (Fsp3) is 0.571. The number of nitrogens with one attached hydrogen (secondary N) is 1. The molecule has 2 N–H and O–H groups in total. The molecular weight excluding hydrogens is 364 g/mol. The summed E-state index contributed by atoms with van der Waals surface area (Å²) in [5, 5.41) is 11.8. The predicted octanol–water partition coefficient (Wildman–Crippen LogP) is 3.07. The first kappa shape index (κ1) is 18.8. The highest BCUT2D eigenvalue weighted by Gasteiger charge is 2.49. The van der Waals surface area contributed by atoms with Crippen molar-refractivity contribution in [1.29, 1.82) is 0 Å². The van der Waals surface area contributed by atoms with Crippen LogP contribution in [0.3, 0.4) is 0 Å². The number of aromatic nitrogens is 1. The van der Waals surface area contributed by atoms with Crippen LogP contribution < -0.4 is 0 Å². The molecule has 1 unspecified atom stereocenters. The molecule has 0 radical (unpaired) electrons. The number of esters is 1. The van der Waals surface area contributed by atoms with Crippen LogP contribution in [0.4, 0.5) is 0 Å². The summed E-state index contributed by atoms with van der Waals surface area (Å²) in [5.41, 5.74) is 3.96. The van der Waals surface area contributed by atoms with E-state index in [0.29, 0.717) is 18.4 Å². The minimum atomic E-state index is -0.568. The van der Waals surface area contributed by atoms with E-state index >= 15 is 0 Å². The molecule has 2 aliphatic heterocycles. The molecule has 0 amide bonds. The molecule has 1 saturated heterocycles. The average molecular weight is 391 g/mol. The summed E-state index contributed by atoms with van der Waals surface area (Å²) in [4.78, 5) is 18.6. The van der Waals surface area contributed by atoms with Gasteiger partial charge in [-0.05, 0) is 49.1 Å². The Morgan fingerprint density at radius 3 is 2.93 bits per heavy atom. The maximum absolute atomic E-state index is 12.4. The SMILES string of the molecule is COC(=O)C1[C@H]2C[C@H]3c4[nH]c5ccccc5c4CCN3C[C@H]2CC[C@@H]1O.Cl. The first-order valence-corrected chi connectivity index (χ1v) is 9.76. The molecule has 2 aromatic rings. The maximum atomic E-state index is 12.4. The van der Waals surface area contributed by atoms with Crippen LogP contribution in [-0.2, 0) is 16.0 Å². The first-order valence-electron chi connectivity index (χ1n) is 9.76. The van der Waals surface area contributed by atoms with Gasteiger partial charge in [0.2, 0.25) is 0 Å². The van der Waals surface area contributed by atoms with E-state index < -0.39 is 6.10 Å². The van der Waals surface area contributed by atoms with Crippen LogP contribution in [0.2, 0.25) is 0 Å². The Morgan fingerprint density at radius 1 is 1.30 bits per heavy atom. The summed E-state index contributed by atoms with van der Waals surface area (Å²) in [6.07, 6.45) is 3.14. The summed E-state index contributed by atoms with van der Waals surface area (Å²) >= 11 is 0. The lowest BCUT2D eigenvalue weighted by Gasteiger charge is -2.50. The number of fused-ring (bicyclic) bond motifs is 6. The number of carbonyl (C=O) groups is 1. The van der Waals surface area contributed by atoms with E-state index in [0.717, 1.165) is 32.4 Å². The van der Waals surface area contributed by atoms with Gasteiger partial charge in [-0.3, -0.25) is 9.69 Å². The molecular formula is C21H27ClN2O3. The van der Waals surface area contributed by atoms with Gasteiger partial charge in [0.25, 0.3) is 0 Å². The van der Waals surface area contributed by atoms with Gasteiger partial charge in [-0.15, -0.1) is 12.4 Å². The minimum absolute atomic E-state index is 0. The van der Waals surface area contributed by atoms with Crippen LogP contribution in [0.25, 0.3) is 10.9 Å². The highest BCUT2D eigenvalue weighted by atomic mass is 35.5. The number of methoxy groups -OCH3 is 1. The molecule has 5 atom stereocenters. The summed E-state index contributed by atoms with van der Waals surface area (Å²) < 4.78 is 5.04. The lowest BCUT2D eigenvalue weighted by atomic mass is 9.65. The third-order valence-corrected chi connectivity index (χ3v) is 7.02. The Kier molecular flexibility index (Phi) is 4.95. The summed E-state index contributed by atoms with van der Waals surface area (Å²) in [7, 11) is 1.43. The van der Waals surface area contributed by atoms with E-state index in [9.17, 15) is 9.90 Å². The lowest BCUT2D eigenvalue weighted by Crippen LogP contribution is -2.53. The molecule has 1 aromatic carbocycles. The molecule has 5 rings (SSSR count). The van der Waals surface area contributed by atoms with Crippen molar-refractivity contribution in [3.8, 4) is 0 Å². The highest BCUT2D eigenvalue weighted by molar-refractivity contribution is 5.85. The highest BCUT2D eigenvalue weighted by Crippen LogP contribution is 2.49. The number of aliphatic hydroxyl groups excluding tert-OH is 1. The number of para-hydroxylation sites is 1.